The fourth-order valence-electron chi connectivity index (χ4n) is 4.91. The van der Waals surface area contributed by atoms with Gasteiger partial charge in [-0.3, -0.25) is 9.36 Å². The number of hydrogen-bond donors (Lipinski definition) is 2. The van der Waals surface area contributed by atoms with Crippen molar-refractivity contribution in [1.29, 1.82) is 0 Å². The zero-order valence-electron chi connectivity index (χ0n) is 29.8. The average Bonchev–Trinajstić information content (AvgIpc) is 2.97. The van der Waals surface area contributed by atoms with Crippen molar-refractivity contribution in [3.63, 3.8) is 0 Å². The van der Waals surface area contributed by atoms with Crippen LogP contribution >= 0.6 is 7.82 Å². The summed E-state index contributed by atoms with van der Waals surface area (Å²) in [6.45, 7) is 4.57. The van der Waals surface area contributed by atoms with E-state index in [2.05, 4.69) is 31.3 Å². The number of nitrogens with one attached hydrogen (secondary N) is 1. The molecular formula is C36H71N2O6P. The van der Waals surface area contributed by atoms with Crippen LogP contribution in [-0.4, -0.2) is 68.5 Å². The number of carbonyl (C=O) groups is 1. The minimum absolute atomic E-state index is 0.00224. The van der Waals surface area contributed by atoms with E-state index < -0.39 is 20.0 Å². The Hall–Kier alpha value is -1.02. The Balaban J connectivity index is 4.60. The van der Waals surface area contributed by atoms with Crippen LogP contribution in [0, 0.1) is 0 Å². The quantitative estimate of drug-likeness (QED) is 0.0325. The number of rotatable bonds is 32. The van der Waals surface area contributed by atoms with E-state index in [0.717, 1.165) is 51.4 Å². The zero-order chi connectivity index (χ0) is 33.7. The molecule has 0 aromatic carbocycles. The summed E-state index contributed by atoms with van der Waals surface area (Å²) in [6, 6.07) is -0.884. The number of amides is 1. The van der Waals surface area contributed by atoms with Crippen molar-refractivity contribution in [3.05, 3.63) is 24.3 Å². The third kappa shape index (κ3) is 31.4. The SMILES string of the molecule is CCCCC/C=C\CCCCCCCC(=O)NC(COP(=O)([O-])OCC[N+](C)(C)C)C(O)/C=C/CCCCCCCCCCC. The highest BCUT2D eigenvalue weighted by atomic mass is 31.2. The molecule has 0 aromatic heterocycles. The van der Waals surface area contributed by atoms with E-state index >= 15 is 0 Å². The molecule has 266 valence electrons. The summed E-state index contributed by atoms with van der Waals surface area (Å²) in [5, 5.41) is 13.6. The number of likely N-dealkylation sites (N-methyl/N-ethyl adjacent to an activating group) is 1. The van der Waals surface area contributed by atoms with Crippen molar-refractivity contribution in [2.75, 3.05) is 40.9 Å². The molecule has 0 saturated heterocycles. The van der Waals surface area contributed by atoms with Gasteiger partial charge in [0.15, 0.2) is 0 Å². The Morgan fingerprint density at radius 1 is 0.756 bits per heavy atom. The van der Waals surface area contributed by atoms with Crippen molar-refractivity contribution in [2.24, 2.45) is 0 Å². The molecule has 3 atom stereocenters. The first-order valence-electron chi connectivity index (χ1n) is 18.2. The topological polar surface area (TPSA) is 108 Å². The number of unbranched alkanes of at least 4 members (excludes halogenated alkanes) is 17. The summed E-state index contributed by atoms with van der Waals surface area (Å²) >= 11 is 0. The van der Waals surface area contributed by atoms with Gasteiger partial charge in [0.1, 0.15) is 13.2 Å². The van der Waals surface area contributed by atoms with Crippen molar-refractivity contribution < 1.29 is 32.9 Å². The van der Waals surface area contributed by atoms with Crippen LogP contribution < -0.4 is 10.2 Å². The molecule has 45 heavy (non-hydrogen) atoms. The highest BCUT2D eigenvalue weighted by Crippen LogP contribution is 2.38. The van der Waals surface area contributed by atoms with Gasteiger partial charge in [-0.05, 0) is 44.9 Å². The number of aliphatic hydroxyl groups is 1. The molecule has 0 radical (unpaired) electrons. The lowest BCUT2D eigenvalue weighted by molar-refractivity contribution is -0.870. The molecule has 0 aromatic rings. The van der Waals surface area contributed by atoms with E-state index in [9.17, 15) is 19.4 Å². The van der Waals surface area contributed by atoms with Crippen LogP contribution in [0.4, 0.5) is 0 Å². The lowest BCUT2D eigenvalue weighted by Crippen LogP contribution is -2.45. The molecule has 0 aliphatic rings. The van der Waals surface area contributed by atoms with E-state index in [0.29, 0.717) is 17.4 Å². The van der Waals surface area contributed by atoms with Crippen molar-refractivity contribution in [2.45, 2.75) is 161 Å². The van der Waals surface area contributed by atoms with Gasteiger partial charge in [-0.1, -0.05) is 122 Å². The predicted octanol–water partition coefficient (Wildman–Crippen LogP) is 8.38. The highest BCUT2D eigenvalue weighted by Gasteiger charge is 2.23. The first-order valence-corrected chi connectivity index (χ1v) is 19.7. The molecule has 8 nitrogen and oxygen atoms in total. The molecule has 1 amide bonds. The van der Waals surface area contributed by atoms with Gasteiger partial charge in [-0.2, -0.15) is 0 Å². The largest absolute Gasteiger partial charge is 0.756 e. The van der Waals surface area contributed by atoms with Gasteiger partial charge in [0, 0.05) is 6.42 Å². The normalized spacial score (nSPS) is 15.1. The van der Waals surface area contributed by atoms with E-state index in [1.807, 2.05) is 27.2 Å². The molecular weight excluding hydrogens is 587 g/mol. The van der Waals surface area contributed by atoms with Crippen LogP contribution in [0.5, 0.6) is 0 Å². The minimum Gasteiger partial charge on any atom is -0.756 e. The lowest BCUT2D eigenvalue weighted by Gasteiger charge is -2.29. The Morgan fingerprint density at radius 3 is 1.78 bits per heavy atom. The Bertz CT molecular complexity index is 799. The molecule has 0 aliphatic heterocycles. The van der Waals surface area contributed by atoms with Gasteiger partial charge in [0.2, 0.25) is 5.91 Å². The first-order chi connectivity index (χ1) is 21.5. The van der Waals surface area contributed by atoms with Crippen LogP contribution in [0.3, 0.4) is 0 Å². The average molecular weight is 659 g/mol. The summed E-state index contributed by atoms with van der Waals surface area (Å²) in [5.41, 5.74) is 0. The minimum atomic E-state index is -4.57. The third-order valence-corrected chi connectivity index (χ3v) is 8.87. The second kappa shape index (κ2) is 29.1. The number of quaternary nitrogens is 1. The smallest absolute Gasteiger partial charge is 0.268 e. The maximum atomic E-state index is 12.7. The van der Waals surface area contributed by atoms with Crippen molar-refractivity contribution in [3.8, 4) is 0 Å². The Labute approximate surface area is 277 Å². The van der Waals surface area contributed by atoms with Gasteiger partial charge in [-0.25, -0.2) is 0 Å². The van der Waals surface area contributed by atoms with Crippen LogP contribution in [0.2, 0.25) is 0 Å². The molecule has 2 N–H and O–H groups in total. The van der Waals surface area contributed by atoms with Crippen LogP contribution in [-0.2, 0) is 18.4 Å². The molecule has 0 fully saturated rings. The lowest BCUT2D eigenvalue weighted by atomic mass is 10.1. The number of aliphatic hydroxyl groups excluding tert-OH is 1. The number of hydrogen-bond acceptors (Lipinski definition) is 6. The van der Waals surface area contributed by atoms with Crippen LogP contribution in [0.1, 0.15) is 149 Å². The van der Waals surface area contributed by atoms with Gasteiger partial charge >= 0.3 is 0 Å². The van der Waals surface area contributed by atoms with E-state index in [4.69, 9.17) is 9.05 Å². The third-order valence-electron chi connectivity index (χ3n) is 7.91. The molecule has 0 spiro atoms. The van der Waals surface area contributed by atoms with Crippen LogP contribution in [0.25, 0.3) is 0 Å². The number of phosphoric acid groups is 1. The van der Waals surface area contributed by atoms with Gasteiger partial charge in [-0.15, -0.1) is 0 Å². The molecule has 0 rings (SSSR count). The molecule has 9 heteroatoms. The van der Waals surface area contributed by atoms with Gasteiger partial charge < -0.3 is 28.8 Å². The molecule has 0 bridgehead atoms. The van der Waals surface area contributed by atoms with Gasteiger partial charge in [0.05, 0.1) is 39.9 Å². The first kappa shape index (κ1) is 44.0. The fraction of sp³-hybridized carbons (Fsp3) is 0.861. The van der Waals surface area contributed by atoms with Crippen molar-refractivity contribution >= 4 is 13.7 Å². The van der Waals surface area contributed by atoms with Crippen molar-refractivity contribution in [1.82, 2.24) is 5.32 Å². The zero-order valence-corrected chi connectivity index (χ0v) is 30.7. The monoisotopic (exact) mass is 659 g/mol. The summed E-state index contributed by atoms with van der Waals surface area (Å²) in [6.07, 6.45) is 30.7. The standard InChI is InChI=1S/C36H71N2O6P/c1-6-8-10-12-14-16-18-20-22-24-26-28-30-36(40)37-34(33-44-45(41,42)43-32-31-38(3,4)5)35(39)29-27-25-23-21-19-17-15-13-11-9-7-2/h14,16,27,29,34-35,39H,6-13,15,17-26,28,30-33H2,1-5H3,(H-,37,40,41,42)/b16-14-,29-27+. The Morgan fingerprint density at radius 2 is 1.22 bits per heavy atom. The highest BCUT2D eigenvalue weighted by molar-refractivity contribution is 7.45. The second-order valence-corrected chi connectivity index (χ2v) is 15.0. The number of allylic oxidation sites excluding steroid dienone is 3. The summed E-state index contributed by atoms with van der Waals surface area (Å²) in [7, 11) is 1.25. The molecule has 0 heterocycles. The summed E-state index contributed by atoms with van der Waals surface area (Å²) < 4.78 is 23.0. The van der Waals surface area contributed by atoms with Gasteiger partial charge in [0.25, 0.3) is 7.82 Å². The van der Waals surface area contributed by atoms with E-state index in [1.165, 1.54) is 77.0 Å². The van der Waals surface area contributed by atoms with E-state index in [1.54, 1.807) is 6.08 Å². The molecule has 3 unspecified atom stereocenters. The number of carbonyl (C=O) groups excluding carboxylic acids is 1. The maximum Gasteiger partial charge on any atom is 0.268 e. The predicted molar refractivity (Wildman–Crippen MR) is 187 cm³/mol. The molecule has 0 aliphatic carbocycles. The summed E-state index contributed by atoms with van der Waals surface area (Å²) in [5.74, 6) is -0.211. The number of phosphoric ester groups is 1. The Kier molecular flexibility index (Phi) is 28.5. The van der Waals surface area contributed by atoms with E-state index in [-0.39, 0.29) is 19.1 Å². The summed E-state index contributed by atoms with van der Waals surface area (Å²) in [4.78, 5) is 25.1. The maximum absolute atomic E-state index is 12.7. The van der Waals surface area contributed by atoms with Crippen LogP contribution in [0.15, 0.2) is 24.3 Å². The molecule has 0 saturated carbocycles. The number of nitrogens with zero attached hydrogens (tertiary/aromatic N) is 1. The second-order valence-electron chi connectivity index (χ2n) is 13.6. The fourth-order valence-corrected chi connectivity index (χ4v) is 5.63.